The maximum Gasteiger partial charge on any atom is 0.409 e. The molecule has 9 heteroatoms. The molecule has 0 atom stereocenters. The second-order valence-corrected chi connectivity index (χ2v) is 12.1. The van der Waals surface area contributed by atoms with E-state index in [0.29, 0.717) is 38.3 Å². The molecule has 2 aliphatic rings. The molecule has 1 heterocycles. The van der Waals surface area contributed by atoms with E-state index in [1.54, 1.807) is 17.9 Å². The molecule has 1 aliphatic carbocycles. The van der Waals surface area contributed by atoms with Gasteiger partial charge in [0, 0.05) is 44.3 Å². The number of hydrogen-bond acceptors (Lipinski definition) is 7. The van der Waals surface area contributed by atoms with Crippen LogP contribution in [0.3, 0.4) is 0 Å². The normalized spacial score (nSPS) is 14.7. The molecule has 0 saturated carbocycles. The fourth-order valence-electron chi connectivity index (χ4n) is 5.91. The highest BCUT2D eigenvalue weighted by atomic mass is 16.6. The number of nitrogens with zero attached hydrogens (tertiary/aromatic N) is 2. The third-order valence-electron chi connectivity index (χ3n) is 7.90. The topological polar surface area (TPSA) is 108 Å². The summed E-state index contributed by atoms with van der Waals surface area (Å²) >= 11 is 0. The first-order valence-corrected chi connectivity index (χ1v) is 14.7. The molecule has 5 rings (SSSR count). The Hall–Kier alpha value is -4.37. The molecule has 2 N–H and O–H groups in total. The van der Waals surface area contributed by atoms with Crippen LogP contribution in [0.2, 0.25) is 0 Å². The van der Waals surface area contributed by atoms with Gasteiger partial charge in [-0.2, -0.15) is 0 Å². The predicted molar refractivity (Wildman–Crippen MR) is 165 cm³/mol. The summed E-state index contributed by atoms with van der Waals surface area (Å²) in [5, 5.41) is 12.9. The van der Waals surface area contributed by atoms with E-state index in [9.17, 15) is 19.5 Å². The molecule has 0 unspecified atom stereocenters. The van der Waals surface area contributed by atoms with Crippen molar-refractivity contribution < 1.29 is 29.0 Å². The average molecular weight is 586 g/mol. The number of aromatic carboxylic acids is 1. The largest absolute Gasteiger partial charge is 0.478 e. The van der Waals surface area contributed by atoms with Gasteiger partial charge in [-0.25, -0.2) is 9.59 Å². The Labute approximate surface area is 252 Å². The van der Waals surface area contributed by atoms with Gasteiger partial charge < -0.3 is 29.7 Å². The van der Waals surface area contributed by atoms with Crippen molar-refractivity contribution in [1.82, 2.24) is 10.2 Å². The lowest BCUT2D eigenvalue weighted by Crippen LogP contribution is -2.49. The van der Waals surface area contributed by atoms with Gasteiger partial charge in [0.2, 0.25) is 0 Å². The van der Waals surface area contributed by atoms with Gasteiger partial charge in [0.1, 0.15) is 12.2 Å². The fourth-order valence-corrected chi connectivity index (χ4v) is 5.91. The second-order valence-electron chi connectivity index (χ2n) is 12.1. The highest BCUT2D eigenvalue weighted by Crippen LogP contribution is 2.44. The number of anilines is 1. The molecule has 226 valence electrons. The van der Waals surface area contributed by atoms with Crippen molar-refractivity contribution in [3.8, 4) is 11.1 Å². The van der Waals surface area contributed by atoms with Crippen LogP contribution in [0.5, 0.6) is 0 Å². The lowest BCUT2D eigenvalue weighted by Gasteiger charge is -2.36. The van der Waals surface area contributed by atoms with Crippen LogP contribution in [0.4, 0.5) is 10.5 Å². The van der Waals surface area contributed by atoms with Crippen molar-refractivity contribution in [2.24, 2.45) is 0 Å². The van der Waals surface area contributed by atoms with Crippen molar-refractivity contribution in [2.45, 2.75) is 45.8 Å². The summed E-state index contributed by atoms with van der Waals surface area (Å²) < 4.78 is 11.2. The number of carboxylic acid groups (broad SMARTS) is 1. The lowest BCUT2D eigenvalue weighted by molar-refractivity contribution is -0.153. The molecular weight excluding hydrogens is 546 g/mol. The number of amides is 1. The summed E-state index contributed by atoms with van der Waals surface area (Å²) in [6, 6.07) is 20.1. The van der Waals surface area contributed by atoms with Crippen molar-refractivity contribution in [3.05, 3.63) is 88.5 Å². The summed E-state index contributed by atoms with van der Waals surface area (Å²) in [6.07, 6.45) is -0.343. The zero-order chi connectivity index (χ0) is 30.7. The van der Waals surface area contributed by atoms with Gasteiger partial charge in [-0.15, -0.1) is 0 Å². The maximum atomic E-state index is 13.1. The number of carbonyl (C=O) groups is 3. The molecule has 0 radical (unpaired) electrons. The molecule has 43 heavy (non-hydrogen) atoms. The van der Waals surface area contributed by atoms with Gasteiger partial charge in [0.15, 0.2) is 0 Å². The highest BCUT2D eigenvalue weighted by molar-refractivity contribution is 5.92. The number of esters is 1. The van der Waals surface area contributed by atoms with E-state index in [1.165, 1.54) is 22.3 Å². The van der Waals surface area contributed by atoms with Crippen LogP contribution in [0, 0.1) is 6.92 Å². The molecular formula is C34H39N3O6. The zero-order valence-electron chi connectivity index (χ0n) is 25.2. The van der Waals surface area contributed by atoms with Gasteiger partial charge in [-0.1, -0.05) is 48.5 Å². The van der Waals surface area contributed by atoms with Crippen LogP contribution in [0.15, 0.2) is 60.7 Å². The molecule has 0 aromatic heterocycles. The molecule has 1 fully saturated rings. The maximum absolute atomic E-state index is 13.1. The average Bonchev–Trinajstić information content (AvgIpc) is 3.29. The number of piperazine rings is 1. The minimum Gasteiger partial charge on any atom is -0.478 e. The third kappa shape index (κ3) is 6.83. The monoisotopic (exact) mass is 585 g/mol. The van der Waals surface area contributed by atoms with Crippen molar-refractivity contribution in [1.29, 1.82) is 0 Å². The van der Waals surface area contributed by atoms with Gasteiger partial charge in [0.25, 0.3) is 0 Å². The standard InChI is InChI=1S/C34H39N3O6/c1-22-28(32(39)40)17-23(19-35-20-31(38)43-34(2,3)4)18-30(22)36-13-15-37(16-14-36)33(41)42-21-29-26-11-7-5-9-24(26)25-10-6-8-12-27(25)29/h5-12,17-18,29,35H,13-16,19-21H2,1-4H3,(H,39,40). The number of nitrogens with one attached hydrogen (secondary N) is 1. The van der Waals surface area contributed by atoms with Crippen LogP contribution >= 0.6 is 0 Å². The SMILES string of the molecule is Cc1c(C(=O)O)cc(CNCC(=O)OC(C)(C)C)cc1N1CCN(C(=O)OCC2c3ccccc3-c3ccccc32)CC1. The summed E-state index contributed by atoms with van der Waals surface area (Å²) in [6.45, 7) is 9.82. The Morgan fingerprint density at radius 3 is 2.12 bits per heavy atom. The Kier molecular flexibility index (Phi) is 8.73. The molecule has 0 bridgehead atoms. The first kappa shape index (κ1) is 30.1. The van der Waals surface area contributed by atoms with E-state index in [4.69, 9.17) is 9.47 Å². The van der Waals surface area contributed by atoms with Crippen LogP contribution in [0.1, 0.15) is 59.3 Å². The van der Waals surface area contributed by atoms with Crippen LogP contribution < -0.4 is 10.2 Å². The van der Waals surface area contributed by atoms with Gasteiger partial charge in [-0.3, -0.25) is 4.79 Å². The summed E-state index contributed by atoms with van der Waals surface area (Å²) in [7, 11) is 0. The number of carbonyl (C=O) groups excluding carboxylic acids is 2. The first-order chi connectivity index (χ1) is 20.5. The minimum absolute atomic E-state index is 0.00129. The van der Waals surface area contributed by atoms with Gasteiger partial charge >= 0.3 is 18.0 Å². The smallest absolute Gasteiger partial charge is 0.409 e. The Bertz CT molecular complexity index is 1480. The molecule has 1 amide bonds. The molecule has 3 aromatic rings. The number of fused-ring (bicyclic) bond motifs is 3. The van der Waals surface area contributed by atoms with Crippen LogP contribution in [0.25, 0.3) is 11.1 Å². The van der Waals surface area contributed by atoms with Crippen molar-refractivity contribution >= 4 is 23.7 Å². The summed E-state index contributed by atoms with van der Waals surface area (Å²) in [5.41, 5.74) is 6.58. The lowest BCUT2D eigenvalue weighted by atomic mass is 9.98. The van der Waals surface area contributed by atoms with Crippen LogP contribution in [-0.2, 0) is 20.8 Å². The second kappa shape index (κ2) is 12.5. The van der Waals surface area contributed by atoms with Crippen molar-refractivity contribution in [2.75, 3.05) is 44.2 Å². The first-order valence-electron chi connectivity index (χ1n) is 14.7. The summed E-state index contributed by atoms with van der Waals surface area (Å²) in [5.74, 6) is -1.38. The fraction of sp³-hybridized carbons (Fsp3) is 0.382. The van der Waals surface area contributed by atoms with Gasteiger partial charge in [-0.05, 0) is 73.2 Å². The third-order valence-corrected chi connectivity index (χ3v) is 7.90. The molecule has 1 aliphatic heterocycles. The van der Waals surface area contributed by atoms with Crippen molar-refractivity contribution in [3.63, 3.8) is 0 Å². The molecule has 1 saturated heterocycles. The Morgan fingerprint density at radius 1 is 0.930 bits per heavy atom. The van der Waals surface area contributed by atoms with E-state index < -0.39 is 11.6 Å². The number of rotatable bonds is 8. The van der Waals surface area contributed by atoms with E-state index in [0.717, 1.165) is 11.3 Å². The number of benzene rings is 3. The summed E-state index contributed by atoms with van der Waals surface area (Å²) in [4.78, 5) is 41.0. The highest BCUT2D eigenvalue weighted by Gasteiger charge is 2.31. The van der Waals surface area contributed by atoms with E-state index in [2.05, 4.69) is 34.5 Å². The number of ether oxygens (including phenoxy) is 2. The molecule has 0 spiro atoms. The zero-order valence-corrected chi connectivity index (χ0v) is 25.2. The van der Waals surface area contributed by atoms with E-state index in [-0.39, 0.29) is 36.7 Å². The quantitative estimate of drug-likeness (QED) is 0.348. The molecule has 3 aromatic carbocycles. The predicted octanol–water partition coefficient (Wildman–Crippen LogP) is 5.20. The minimum atomic E-state index is -1.01. The van der Waals surface area contributed by atoms with Crippen LogP contribution in [-0.4, -0.2) is 73.0 Å². The van der Waals surface area contributed by atoms with E-state index in [1.807, 2.05) is 51.1 Å². The van der Waals surface area contributed by atoms with E-state index >= 15 is 0 Å². The Morgan fingerprint density at radius 2 is 1.53 bits per heavy atom. The Balaban J connectivity index is 1.20. The number of carboxylic acids is 1. The molecule has 9 nitrogen and oxygen atoms in total. The number of hydrogen-bond donors (Lipinski definition) is 2. The van der Waals surface area contributed by atoms with Gasteiger partial charge in [0.05, 0.1) is 12.1 Å².